The van der Waals surface area contributed by atoms with Crippen LogP contribution in [0.2, 0.25) is 0 Å². The molecule has 0 spiro atoms. The molecule has 0 fully saturated rings. The van der Waals surface area contributed by atoms with E-state index in [2.05, 4.69) is 30.2 Å². The molecule has 37 heteroatoms. The number of fused-ring (bicyclic) bond motifs is 1. The lowest BCUT2D eigenvalue weighted by Crippen LogP contribution is -2.31. The van der Waals surface area contributed by atoms with Crippen LogP contribution >= 0.6 is 22.7 Å². The third kappa shape index (κ3) is 27.7. The molecule has 0 saturated heterocycles. The Morgan fingerprint density at radius 3 is 1.10 bits per heavy atom. The van der Waals surface area contributed by atoms with Gasteiger partial charge in [-0.05, 0) is 224 Å². The maximum atomic E-state index is 13.5. The van der Waals surface area contributed by atoms with Crippen LogP contribution in [-0.4, -0.2) is 145 Å². The first-order valence-electron chi connectivity index (χ1n) is 41.4. The van der Waals surface area contributed by atoms with Crippen molar-refractivity contribution in [3.8, 4) is 45.8 Å². The van der Waals surface area contributed by atoms with Crippen molar-refractivity contribution in [2.75, 3.05) is 26.6 Å². The van der Waals surface area contributed by atoms with Crippen molar-refractivity contribution < 1.29 is 80.9 Å². The molecule has 7 heterocycles. The average Bonchev–Trinajstić information content (AvgIpc) is 1.68. The fourth-order valence-corrected chi connectivity index (χ4v) is 20.9. The maximum Gasteiger partial charge on any atom is 0.270 e. The highest BCUT2D eigenvalue weighted by molar-refractivity contribution is 7.91. The molecule has 0 aliphatic carbocycles. The van der Waals surface area contributed by atoms with Gasteiger partial charge in [0.2, 0.25) is 25.5 Å². The van der Waals surface area contributed by atoms with E-state index in [0.29, 0.717) is 41.6 Å². The van der Waals surface area contributed by atoms with Gasteiger partial charge in [0, 0.05) is 125 Å². The fraction of sp³-hybridized carbons (Fsp3) is 0.188. The van der Waals surface area contributed by atoms with Gasteiger partial charge in [-0.15, -0.1) is 22.7 Å². The third-order valence-electron chi connectivity index (χ3n) is 19.8. The highest BCUT2D eigenvalue weighted by Crippen LogP contribution is 2.35. The molecule has 1 aliphatic heterocycles. The molecule has 9 aromatic carbocycles. The number of nitrogens with zero attached hydrogens (tertiary/aromatic N) is 13. The quantitative estimate of drug-likeness (QED) is 0.0345. The number of halogens is 1. The van der Waals surface area contributed by atoms with Gasteiger partial charge >= 0.3 is 0 Å². The Balaban J connectivity index is 0.000000151. The minimum Gasteiger partial charge on any atom is -0.486 e. The second-order valence-electron chi connectivity index (χ2n) is 30.3. The summed E-state index contributed by atoms with van der Waals surface area (Å²) in [6.45, 7) is 6.96. The summed E-state index contributed by atoms with van der Waals surface area (Å²) in [4.78, 5) is 57.2. The summed E-state index contributed by atoms with van der Waals surface area (Å²) in [6, 6.07) is 71.8. The SMILES string of the molecule is CC(=O)CCc1cccc(CN(Cc2ccc3c(c2)OCO3)S(=O)(=O)c2ccc(F)cc2)c1.CC(=O)COc1cccc(CN(Cc2ccc(-n3cccn3)cc2)S(=O)(=O)c2ccccn2)c1.CC(=O)COc1cccc(CN(Cc2ccc(-n3cccn3)cc2)S(=O)(=O)c2nccs2)c1.CC(=O)COc1cccc(CN(Cc2ccc(-n3cccn3)cc2)S(=O)(=O)c2nccs2)c1. The summed E-state index contributed by atoms with van der Waals surface area (Å²) in [5.41, 5.74) is 9.82. The molecule has 0 bridgehead atoms. The molecule has 15 aromatic rings. The monoisotopic (exact) mass is 1910 g/mol. The molecule has 0 amide bonds. The molecular formula is C96H92FN13O17S6. The first-order chi connectivity index (χ1) is 64.0. The van der Waals surface area contributed by atoms with Gasteiger partial charge in [-0.3, -0.25) is 14.4 Å². The van der Waals surface area contributed by atoms with E-state index < -0.39 is 45.9 Å². The summed E-state index contributed by atoms with van der Waals surface area (Å²) in [7, 11) is -15.4. The Labute approximate surface area is 777 Å². The van der Waals surface area contributed by atoms with Gasteiger partial charge in [0.05, 0.1) is 22.0 Å². The number of ketones is 4. The topological polar surface area (TPSA) is 356 Å². The normalized spacial score (nSPS) is 11.9. The Hall–Kier alpha value is -13.7. The van der Waals surface area contributed by atoms with Gasteiger partial charge in [0.1, 0.15) is 48.7 Å². The standard InChI is InChI=1S/C25H24FNO5S.C25H24N4O4S.2C23H22N4O4S2/c1-18(28)5-6-19-3-2-4-20(13-19)15-27(33(29,30)23-10-8-22(26)9-11-23)16-21-7-12-24-25(14-21)32-17-31-24;1-20(30)19-33-24-7-4-6-22(16-24)18-28(34(31,32)25-8-2-3-13-26-25)17-21-9-11-23(12-10-21)29-15-5-14-27-29;2*1-18(28)17-31-22-5-2-4-20(14-22)16-26(33(29,30)23-24-11-13-32-23)15-19-6-8-21(9-7-19)27-12-3-10-25-27/h2-4,7-14H,5-6,15-17H2,1H3;2-16H,17-19H2,1H3;2*2-14H,15-17H2,1H3. The molecule has 1 aliphatic rings. The van der Waals surface area contributed by atoms with Crippen LogP contribution in [0.4, 0.5) is 4.39 Å². The third-order valence-corrected chi connectivity index (χ3v) is 29.3. The van der Waals surface area contributed by atoms with Crippen LogP contribution in [-0.2, 0) is 118 Å². The summed E-state index contributed by atoms with van der Waals surface area (Å²) in [5.74, 6) is 2.03. The van der Waals surface area contributed by atoms with Crippen molar-refractivity contribution in [2.24, 2.45) is 0 Å². The van der Waals surface area contributed by atoms with Crippen LogP contribution in [0.3, 0.4) is 0 Å². The molecule has 0 saturated carbocycles. The van der Waals surface area contributed by atoms with Gasteiger partial charge in [-0.25, -0.2) is 67.1 Å². The first kappa shape index (κ1) is 96.8. The van der Waals surface area contributed by atoms with Gasteiger partial charge in [-0.2, -0.15) is 32.5 Å². The van der Waals surface area contributed by atoms with Crippen LogP contribution in [0.1, 0.15) is 84.2 Å². The number of pyridine rings is 1. The fourth-order valence-electron chi connectivity index (χ4n) is 13.3. The smallest absolute Gasteiger partial charge is 0.270 e. The Morgan fingerprint density at radius 1 is 0.353 bits per heavy atom. The average molecular weight is 1910 g/mol. The maximum absolute atomic E-state index is 13.5. The Kier molecular flexibility index (Phi) is 33.4. The number of benzene rings is 9. The Bertz CT molecular complexity index is 6650. The molecule has 0 N–H and O–H groups in total. The number of rotatable bonds is 39. The molecule has 0 unspecified atom stereocenters. The van der Waals surface area contributed by atoms with E-state index in [9.17, 15) is 57.2 Å². The molecule has 686 valence electrons. The second-order valence-corrected chi connectivity index (χ2v) is 40.1. The van der Waals surface area contributed by atoms with E-state index in [4.69, 9.17) is 23.7 Å². The summed E-state index contributed by atoms with van der Waals surface area (Å²) in [6.07, 6.45) is 16.1. The van der Waals surface area contributed by atoms with Crippen LogP contribution in [0.5, 0.6) is 28.7 Å². The largest absolute Gasteiger partial charge is 0.486 e. The zero-order valence-electron chi connectivity index (χ0n) is 72.5. The summed E-state index contributed by atoms with van der Waals surface area (Å²) >= 11 is 2.16. The van der Waals surface area contributed by atoms with Crippen molar-refractivity contribution in [1.82, 2.24) is 61.5 Å². The van der Waals surface area contributed by atoms with E-state index in [-0.39, 0.29) is 121 Å². The second kappa shape index (κ2) is 45.9. The van der Waals surface area contributed by atoms with Crippen LogP contribution in [0.15, 0.2) is 334 Å². The molecule has 6 aromatic heterocycles. The van der Waals surface area contributed by atoms with Crippen molar-refractivity contribution in [3.63, 3.8) is 0 Å². The van der Waals surface area contributed by atoms with Crippen molar-refractivity contribution in [3.05, 3.63) is 371 Å². The van der Waals surface area contributed by atoms with E-state index in [1.165, 1.54) is 74.8 Å². The molecule has 0 radical (unpaired) electrons. The summed E-state index contributed by atoms with van der Waals surface area (Å²) in [5, 5.41) is 15.9. The predicted molar refractivity (Wildman–Crippen MR) is 497 cm³/mol. The zero-order valence-corrected chi connectivity index (χ0v) is 77.4. The lowest BCUT2D eigenvalue weighted by molar-refractivity contribution is -0.119. The number of sulfonamides is 4. The van der Waals surface area contributed by atoms with E-state index >= 15 is 0 Å². The first-order valence-corrected chi connectivity index (χ1v) is 48.9. The number of ether oxygens (including phenoxy) is 5. The highest BCUT2D eigenvalue weighted by Gasteiger charge is 2.32. The number of aryl methyl sites for hydroxylation is 1. The van der Waals surface area contributed by atoms with Gasteiger partial charge < -0.3 is 28.5 Å². The van der Waals surface area contributed by atoms with E-state index in [0.717, 1.165) is 102 Å². The van der Waals surface area contributed by atoms with Crippen molar-refractivity contribution >= 4 is 85.9 Å². The molecule has 133 heavy (non-hydrogen) atoms. The molecule has 0 atom stereocenters. The lowest BCUT2D eigenvalue weighted by atomic mass is 10.1. The molecule has 16 rings (SSSR count). The van der Waals surface area contributed by atoms with Gasteiger partial charge in [0.25, 0.3) is 30.1 Å². The number of hydrogen-bond acceptors (Lipinski definition) is 25. The molecule has 30 nitrogen and oxygen atoms in total. The van der Waals surface area contributed by atoms with Crippen LogP contribution < -0.4 is 23.7 Å². The Morgan fingerprint density at radius 2 is 0.722 bits per heavy atom. The van der Waals surface area contributed by atoms with Crippen molar-refractivity contribution in [1.29, 1.82) is 0 Å². The van der Waals surface area contributed by atoms with Gasteiger partial charge in [-0.1, -0.05) is 109 Å². The number of hydrogen-bond donors (Lipinski definition) is 0. The number of aromatic nitrogens is 9. The minimum atomic E-state index is -3.93. The summed E-state index contributed by atoms with van der Waals surface area (Å²) < 4.78 is 159. The number of carbonyl (C=O) groups excluding carboxylic acids is 4. The number of thiazole rings is 2. The van der Waals surface area contributed by atoms with Crippen LogP contribution in [0.25, 0.3) is 17.1 Å². The van der Waals surface area contributed by atoms with Crippen molar-refractivity contribution in [2.45, 2.75) is 111 Å². The van der Waals surface area contributed by atoms with E-state index in [1.54, 1.807) is 135 Å². The highest BCUT2D eigenvalue weighted by atomic mass is 32.3. The lowest BCUT2D eigenvalue weighted by Gasteiger charge is -2.23. The van der Waals surface area contributed by atoms with Gasteiger partial charge in [0.15, 0.2) is 33.9 Å². The zero-order chi connectivity index (χ0) is 93.9. The number of carbonyl (C=O) groups is 4. The molecular weight excluding hydrogens is 1820 g/mol. The van der Waals surface area contributed by atoms with Crippen LogP contribution in [0, 0.1) is 5.82 Å². The predicted octanol–water partition coefficient (Wildman–Crippen LogP) is 15.5. The minimum absolute atomic E-state index is 0.0115. The van der Waals surface area contributed by atoms with E-state index in [1.807, 2.05) is 152 Å². The number of Topliss-reactive ketones (excluding diaryl/α,β-unsaturated/α-hetero) is 4.